The summed E-state index contributed by atoms with van der Waals surface area (Å²) in [5.74, 6) is -0.723. The summed E-state index contributed by atoms with van der Waals surface area (Å²) in [6, 6.07) is 21.8. The summed E-state index contributed by atoms with van der Waals surface area (Å²) < 4.78 is 0.993. The van der Waals surface area contributed by atoms with Crippen LogP contribution < -0.4 is 10.8 Å². The maximum Gasteiger partial charge on any atom is 0.274 e. The van der Waals surface area contributed by atoms with Crippen molar-refractivity contribution in [3.8, 4) is 11.1 Å². The predicted octanol–water partition coefficient (Wildman–Crippen LogP) is 4.17. The van der Waals surface area contributed by atoms with Crippen LogP contribution in [0.15, 0.2) is 77.3 Å². The van der Waals surface area contributed by atoms with Crippen LogP contribution in [0.1, 0.15) is 26.3 Å². The van der Waals surface area contributed by atoms with Crippen molar-refractivity contribution in [2.45, 2.75) is 6.54 Å². The third-order valence-electron chi connectivity index (χ3n) is 4.07. The highest BCUT2D eigenvalue weighted by atomic mass is 79.9. The molecule has 0 saturated heterocycles. The second-order valence-electron chi connectivity index (χ2n) is 5.91. The Labute approximate surface area is 165 Å². The molecule has 0 aliphatic carbocycles. The highest BCUT2D eigenvalue weighted by Crippen LogP contribution is 2.21. The van der Waals surface area contributed by atoms with Gasteiger partial charge in [0, 0.05) is 22.1 Å². The largest absolute Gasteiger partial charge is 0.348 e. The van der Waals surface area contributed by atoms with Gasteiger partial charge in [0.05, 0.1) is 0 Å². The van der Waals surface area contributed by atoms with Crippen LogP contribution in [0, 0.1) is 0 Å². The number of benzene rings is 3. The van der Waals surface area contributed by atoms with Crippen molar-refractivity contribution < 1.29 is 14.8 Å². The first-order valence-corrected chi connectivity index (χ1v) is 9.04. The molecule has 6 heteroatoms. The van der Waals surface area contributed by atoms with Crippen LogP contribution in [-0.4, -0.2) is 17.0 Å². The van der Waals surface area contributed by atoms with E-state index in [-0.39, 0.29) is 5.91 Å². The van der Waals surface area contributed by atoms with E-state index in [1.54, 1.807) is 41.9 Å². The molecule has 3 rings (SSSR count). The van der Waals surface area contributed by atoms with E-state index >= 15 is 0 Å². The number of amides is 2. The first kappa shape index (κ1) is 18.8. The summed E-state index contributed by atoms with van der Waals surface area (Å²) in [6.07, 6.45) is 0. The highest BCUT2D eigenvalue weighted by molar-refractivity contribution is 9.10. The molecule has 3 aromatic rings. The lowest BCUT2D eigenvalue weighted by atomic mass is 10.0. The number of hydrogen-bond donors (Lipinski definition) is 3. The molecule has 0 aliphatic heterocycles. The molecule has 0 heterocycles. The van der Waals surface area contributed by atoms with E-state index in [0.29, 0.717) is 17.7 Å². The number of hydrogen-bond acceptors (Lipinski definition) is 3. The number of rotatable bonds is 5. The van der Waals surface area contributed by atoms with Crippen molar-refractivity contribution in [1.29, 1.82) is 0 Å². The Balaban J connectivity index is 1.71. The molecule has 0 aliphatic rings. The van der Waals surface area contributed by atoms with Gasteiger partial charge in [-0.2, -0.15) is 0 Å². The minimum absolute atomic E-state index is 0.156. The van der Waals surface area contributed by atoms with Gasteiger partial charge < -0.3 is 5.32 Å². The maximum absolute atomic E-state index is 12.4. The van der Waals surface area contributed by atoms with Gasteiger partial charge in [-0.1, -0.05) is 52.3 Å². The summed E-state index contributed by atoms with van der Waals surface area (Å²) in [6.45, 7) is 0.446. The zero-order valence-corrected chi connectivity index (χ0v) is 15.9. The number of halogens is 1. The summed E-state index contributed by atoms with van der Waals surface area (Å²) in [5, 5.41) is 11.6. The van der Waals surface area contributed by atoms with Gasteiger partial charge >= 0.3 is 0 Å². The summed E-state index contributed by atoms with van der Waals surface area (Å²) in [5.41, 5.74) is 5.25. The van der Waals surface area contributed by atoms with Gasteiger partial charge in [-0.05, 0) is 53.1 Å². The third-order valence-corrected chi connectivity index (χ3v) is 4.60. The lowest BCUT2D eigenvalue weighted by Gasteiger charge is -2.08. The fraction of sp³-hybridized carbons (Fsp3) is 0.0476. The quantitative estimate of drug-likeness (QED) is 0.424. The Morgan fingerprint density at radius 2 is 1.52 bits per heavy atom. The van der Waals surface area contributed by atoms with E-state index in [9.17, 15) is 9.59 Å². The van der Waals surface area contributed by atoms with Gasteiger partial charge in [-0.3, -0.25) is 14.8 Å². The molecular formula is C21H17BrN2O3. The molecule has 0 saturated carbocycles. The zero-order chi connectivity index (χ0) is 19.2. The fourth-order valence-corrected chi connectivity index (χ4v) is 2.87. The van der Waals surface area contributed by atoms with Gasteiger partial charge in [-0.25, -0.2) is 5.48 Å². The number of carbonyl (C=O) groups excluding carboxylic acids is 2. The van der Waals surface area contributed by atoms with Gasteiger partial charge in [-0.15, -0.1) is 0 Å². The molecule has 2 amide bonds. The average molecular weight is 425 g/mol. The molecule has 0 bridgehead atoms. The van der Waals surface area contributed by atoms with Gasteiger partial charge in [0.2, 0.25) is 0 Å². The molecular weight excluding hydrogens is 408 g/mol. The number of carbonyl (C=O) groups is 2. The van der Waals surface area contributed by atoms with Gasteiger partial charge in [0.15, 0.2) is 0 Å². The Hall–Kier alpha value is -2.96. The summed E-state index contributed by atoms with van der Waals surface area (Å²) in [4.78, 5) is 23.8. The predicted molar refractivity (Wildman–Crippen MR) is 106 cm³/mol. The van der Waals surface area contributed by atoms with Crippen LogP contribution in [0.4, 0.5) is 0 Å². The summed E-state index contributed by atoms with van der Waals surface area (Å²) in [7, 11) is 0. The van der Waals surface area contributed by atoms with Crippen LogP contribution in [0.5, 0.6) is 0 Å². The molecule has 136 valence electrons. The summed E-state index contributed by atoms with van der Waals surface area (Å²) >= 11 is 3.39. The SMILES string of the molecule is O=C(NO)c1ccc(-c2cccc(C(=O)NCc3ccc(Br)cc3)c2)cc1. The smallest absolute Gasteiger partial charge is 0.274 e. The topological polar surface area (TPSA) is 78.4 Å². The maximum atomic E-state index is 12.4. The van der Waals surface area contributed by atoms with Crippen molar-refractivity contribution in [2.75, 3.05) is 0 Å². The number of nitrogens with one attached hydrogen (secondary N) is 2. The van der Waals surface area contributed by atoms with Crippen molar-refractivity contribution >= 4 is 27.7 Å². The van der Waals surface area contributed by atoms with Crippen LogP contribution >= 0.6 is 15.9 Å². The standard InChI is InChI=1S/C21H17BrN2O3/c22-19-10-4-14(5-11-19)13-23-20(25)18-3-1-2-17(12-18)15-6-8-16(9-7-15)21(26)24-27/h1-12,27H,13H2,(H,23,25)(H,24,26). The lowest BCUT2D eigenvalue weighted by Crippen LogP contribution is -2.22. The lowest BCUT2D eigenvalue weighted by molar-refractivity contribution is 0.0706. The van der Waals surface area contributed by atoms with Crippen molar-refractivity contribution in [3.05, 3.63) is 94.0 Å². The van der Waals surface area contributed by atoms with E-state index in [0.717, 1.165) is 21.2 Å². The van der Waals surface area contributed by atoms with Crippen molar-refractivity contribution in [3.63, 3.8) is 0 Å². The fourth-order valence-electron chi connectivity index (χ4n) is 2.61. The third kappa shape index (κ3) is 4.81. The Kier molecular flexibility index (Phi) is 6.01. The first-order chi connectivity index (χ1) is 13.1. The zero-order valence-electron chi connectivity index (χ0n) is 14.3. The molecule has 0 unspecified atom stereocenters. The molecule has 0 aromatic heterocycles. The molecule has 0 radical (unpaired) electrons. The number of hydroxylamine groups is 1. The van der Waals surface area contributed by atoms with E-state index < -0.39 is 5.91 Å². The van der Waals surface area contributed by atoms with E-state index in [4.69, 9.17) is 5.21 Å². The molecule has 5 nitrogen and oxygen atoms in total. The second kappa shape index (κ2) is 8.62. The monoisotopic (exact) mass is 424 g/mol. The normalized spacial score (nSPS) is 10.3. The highest BCUT2D eigenvalue weighted by Gasteiger charge is 2.08. The molecule has 27 heavy (non-hydrogen) atoms. The molecule has 0 spiro atoms. The molecule has 0 fully saturated rings. The van der Waals surface area contributed by atoms with Crippen molar-refractivity contribution in [2.24, 2.45) is 0 Å². The molecule has 3 aromatic carbocycles. The van der Waals surface area contributed by atoms with E-state index in [1.165, 1.54) is 0 Å². The average Bonchev–Trinajstić information content (AvgIpc) is 2.72. The van der Waals surface area contributed by atoms with Gasteiger partial charge in [0.25, 0.3) is 11.8 Å². The van der Waals surface area contributed by atoms with E-state index in [1.807, 2.05) is 36.4 Å². The van der Waals surface area contributed by atoms with Crippen LogP contribution in [0.25, 0.3) is 11.1 Å². The molecule has 0 atom stereocenters. The Morgan fingerprint density at radius 1 is 0.815 bits per heavy atom. The Bertz CT molecular complexity index is 954. The Morgan fingerprint density at radius 3 is 2.19 bits per heavy atom. The minimum atomic E-state index is -0.567. The molecule has 3 N–H and O–H groups in total. The van der Waals surface area contributed by atoms with Crippen LogP contribution in [0.2, 0.25) is 0 Å². The minimum Gasteiger partial charge on any atom is -0.348 e. The van der Waals surface area contributed by atoms with Crippen LogP contribution in [-0.2, 0) is 6.54 Å². The second-order valence-corrected chi connectivity index (χ2v) is 6.82. The van der Waals surface area contributed by atoms with Gasteiger partial charge in [0.1, 0.15) is 0 Å². The van der Waals surface area contributed by atoms with E-state index in [2.05, 4.69) is 21.2 Å². The first-order valence-electron chi connectivity index (χ1n) is 8.24. The van der Waals surface area contributed by atoms with Crippen LogP contribution in [0.3, 0.4) is 0 Å². The van der Waals surface area contributed by atoms with Crippen molar-refractivity contribution in [1.82, 2.24) is 10.8 Å².